The van der Waals surface area contributed by atoms with E-state index >= 15 is 0 Å². The Bertz CT molecular complexity index is 683. The first-order chi connectivity index (χ1) is 11.9. The summed E-state index contributed by atoms with van der Waals surface area (Å²) in [7, 11) is 0. The zero-order valence-corrected chi connectivity index (χ0v) is 15.2. The van der Waals surface area contributed by atoms with Crippen LogP contribution >= 0.6 is 0 Å². The van der Waals surface area contributed by atoms with E-state index in [1.165, 1.54) is 16.7 Å². The minimum Gasteiger partial charge on any atom is -0.391 e. The van der Waals surface area contributed by atoms with E-state index in [2.05, 4.69) is 36.1 Å². The van der Waals surface area contributed by atoms with Gasteiger partial charge in [0.05, 0.1) is 11.7 Å². The molecule has 1 saturated heterocycles. The van der Waals surface area contributed by atoms with Crippen LogP contribution in [0.25, 0.3) is 11.1 Å². The summed E-state index contributed by atoms with van der Waals surface area (Å²) in [4.78, 5) is 2.30. The molecule has 0 aromatic heterocycles. The molecule has 25 heavy (non-hydrogen) atoms. The van der Waals surface area contributed by atoms with Crippen molar-refractivity contribution in [3.63, 3.8) is 0 Å². The third-order valence-corrected chi connectivity index (χ3v) is 5.30. The first kappa shape index (κ1) is 18.1. The van der Waals surface area contributed by atoms with E-state index in [4.69, 9.17) is 0 Å². The van der Waals surface area contributed by atoms with Crippen LogP contribution in [0.5, 0.6) is 0 Å². The highest BCUT2D eigenvalue weighted by atomic mass is 16.3. The second kappa shape index (κ2) is 7.69. The van der Waals surface area contributed by atoms with Crippen LogP contribution in [0.2, 0.25) is 0 Å². The predicted octanol–water partition coefficient (Wildman–Crippen LogP) is 3.49. The highest BCUT2D eigenvalue weighted by Gasteiger charge is 2.33. The topological polar surface area (TPSA) is 43.7 Å². The minimum absolute atomic E-state index is 0.294. The van der Waals surface area contributed by atoms with E-state index in [1.807, 2.05) is 37.3 Å². The maximum absolute atomic E-state index is 10.7. The molecular formula is C22H29NO2. The molecule has 0 aliphatic carbocycles. The van der Waals surface area contributed by atoms with Gasteiger partial charge in [0.2, 0.25) is 0 Å². The molecule has 0 amide bonds. The Labute approximate surface area is 150 Å². The standard InChI is InChI=1S/C22H29NO2/c1-17-15-22(2,25)12-13-23(17)16-20(24)14-19-10-6-7-11-21(19)18-8-4-3-5-9-18/h3-11,17,20,24-25H,12-16H2,1-2H3. The van der Waals surface area contributed by atoms with E-state index in [9.17, 15) is 10.2 Å². The lowest BCUT2D eigenvalue weighted by Gasteiger charge is -2.41. The molecule has 2 aromatic rings. The van der Waals surface area contributed by atoms with Gasteiger partial charge in [-0.3, -0.25) is 4.90 Å². The second-order valence-electron chi connectivity index (χ2n) is 7.68. The van der Waals surface area contributed by atoms with Gasteiger partial charge in [-0.1, -0.05) is 54.6 Å². The summed E-state index contributed by atoms with van der Waals surface area (Å²) in [5, 5.41) is 20.9. The highest BCUT2D eigenvalue weighted by Crippen LogP contribution is 2.28. The van der Waals surface area contributed by atoms with Crippen LogP contribution in [0, 0.1) is 0 Å². The molecule has 3 heteroatoms. The molecule has 3 rings (SSSR count). The van der Waals surface area contributed by atoms with E-state index in [0.29, 0.717) is 19.0 Å². The van der Waals surface area contributed by atoms with Gasteiger partial charge in [-0.05, 0) is 43.4 Å². The molecule has 3 unspecified atom stereocenters. The summed E-state index contributed by atoms with van der Waals surface area (Å²) >= 11 is 0. The van der Waals surface area contributed by atoms with Crippen molar-refractivity contribution in [2.24, 2.45) is 0 Å². The fourth-order valence-electron chi connectivity index (χ4n) is 3.93. The number of nitrogens with zero attached hydrogens (tertiary/aromatic N) is 1. The van der Waals surface area contributed by atoms with E-state index in [0.717, 1.165) is 19.4 Å². The van der Waals surface area contributed by atoms with Crippen molar-refractivity contribution >= 4 is 0 Å². The molecule has 0 saturated carbocycles. The molecule has 2 N–H and O–H groups in total. The largest absolute Gasteiger partial charge is 0.391 e. The smallest absolute Gasteiger partial charge is 0.0707 e. The molecule has 0 bridgehead atoms. The van der Waals surface area contributed by atoms with E-state index < -0.39 is 11.7 Å². The second-order valence-corrected chi connectivity index (χ2v) is 7.68. The van der Waals surface area contributed by atoms with Crippen LogP contribution in [0.3, 0.4) is 0 Å². The third-order valence-electron chi connectivity index (χ3n) is 5.30. The lowest BCUT2D eigenvalue weighted by molar-refractivity contribution is -0.0399. The zero-order chi connectivity index (χ0) is 17.9. The molecule has 3 nitrogen and oxygen atoms in total. The molecule has 0 radical (unpaired) electrons. The Morgan fingerprint density at radius 3 is 2.52 bits per heavy atom. The average molecular weight is 339 g/mol. The summed E-state index contributed by atoms with van der Waals surface area (Å²) in [5.41, 5.74) is 2.99. The first-order valence-corrected chi connectivity index (χ1v) is 9.22. The van der Waals surface area contributed by atoms with Gasteiger partial charge in [0, 0.05) is 25.6 Å². The van der Waals surface area contributed by atoms with Crippen LogP contribution in [0.1, 0.15) is 32.3 Å². The molecule has 1 aliphatic heterocycles. The molecule has 2 aromatic carbocycles. The fourth-order valence-corrected chi connectivity index (χ4v) is 3.93. The number of hydrogen-bond donors (Lipinski definition) is 2. The monoisotopic (exact) mass is 339 g/mol. The average Bonchev–Trinajstić information content (AvgIpc) is 2.58. The van der Waals surface area contributed by atoms with Gasteiger partial charge in [0.25, 0.3) is 0 Å². The number of benzene rings is 2. The van der Waals surface area contributed by atoms with Gasteiger partial charge in [-0.25, -0.2) is 0 Å². The predicted molar refractivity (Wildman–Crippen MR) is 102 cm³/mol. The van der Waals surface area contributed by atoms with E-state index in [-0.39, 0.29) is 0 Å². The number of likely N-dealkylation sites (tertiary alicyclic amines) is 1. The van der Waals surface area contributed by atoms with Gasteiger partial charge in [-0.15, -0.1) is 0 Å². The Hall–Kier alpha value is -1.68. The van der Waals surface area contributed by atoms with Crippen molar-refractivity contribution in [2.75, 3.05) is 13.1 Å². The lowest BCUT2D eigenvalue weighted by atomic mass is 9.88. The molecule has 1 heterocycles. The van der Waals surface area contributed by atoms with Crippen molar-refractivity contribution in [1.82, 2.24) is 4.90 Å². The molecule has 0 spiro atoms. The van der Waals surface area contributed by atoms with Crippen LogP contribution in [-0.4, -0.2) is 45.9 Å². The molecular weight excluding hydrogens is 310 g/mol. The number of piperidine rings is 1. The summed E-state index contributed by atoms with van der Waals surface area (Å²) in [6, 6.07) is 18.9. The summed E-state index contributed by atoms with van der Waals surface area (Å²) in [6.45, 7) is 5.54. The SMILES string of the molecule is CC1CC(C)(O)CCN1CC(O)Cc1ccccc1-c1ccccc1. The summed E-state index contributed by atoms with van der Waals surface area (Å²) in [5.74, 6) is 0. The van der Waals surface area contributed by atoms with Crippen molar-refractivity contribution in [2.45, 2.75) is 50.9 Å². The Kier molecular flexibility index (Phi) is 5.57. The van der Waals surface area contributed by atoms with Crippen molar-refractivity contribution in [3.8, 4) is 11.1 Å². The van der Waals surface area contributed by atoms with Crippen LogP contribution in [-0.2, 0) is 6.42 Å². The Balaban J connectivity index is 1.67. The quantitative estimate of drug-likeness (QED) is 0.876. The first-order valence-electron chi connectivity index (χ1n) is 9.22. The van der Waals surface area contributed by atoms with Crippen LogP contribution in [0.4, 0.5) is 0 Å². The lowest BCUT2D eigenvalue weighted by Crippen LogP contribution is -2.50. The van der Waals surface area contributed by atoms with E-state index in [1.54, 1.807) is 0 Å². The number of rotatable bonds is 5. The van der Waals surface area contributed by atoms with Crippen molar-refractivity contribution < 1.29 is 10.2 Å². The fraction of sp³-hybridized carbons (Fsp3) is 0.455. The van der Waals surface area contributed by atoms with Crippen molar-refractivity contribution in [1.29, 1.82) is 0 Å². The molecule has 3 atom stereocenters. The third kappa shape index (κ3) is 4.69. The number of aliphatic hydroxyl groups excluding tert-OH is 1. The van der Waals surface area contributed by atoms with Crippen molar-refractivity contribution in [3.05, 3.63) is 60.2 Å². The highest BCUT2D eigenvalue weighted by molar-refractivity contribution is 5.67. The number of aliphatic hydroxyl groups is 2. The van der Waals surface area contributed by atoms with Gasteiger partial charge < -0.3 is 10.2 Å². The molecule has 1 aliphatic rings. The van der Waals surface area contributed by atoms with Gasteiger partial charge in [-0.2, -0.15) is 0 Å². The summed E-state index contributed by atoms with van der Waals surface area (Å²) in [6.07, 6.45) is 1.77. The molecule has 1 fully saturated rings. The molecule has 134 valence electrons. The number of β-amino-alcohol motifs (C(OH)–C–C–N with tert-alkyl or cyclic N) is 1. The normalized spacial score (nSPS) is 25.7. The van der Waals surface area contributed by atoms with Gasteiger partial charge >= 0.3 is 0 Å². The van der Waals surface area contributed by atoms with Crippen LogP contribution < -0.4 is 0 Å². The zero-order valence-electron chi connectivity index (χ0n) is 15.2. The maximum atomic E-state index is 10.7. The maximum Gasteiger partial charge on any atom is 0.0707 e. The van der Waals surface area contributed by atoms with Crippen LogP contribution in [0.15, 0.2) is 54.6 Å². The Morgan fingerprint density at radius 1 is 1.12 bits per heavy atom. The Morgan fingerprint density at radius 2 is 1.80 bits per heavy atom. The number of hydrogen-bond acceptors (Lipinski definition) is 3. The summed E-state index contributed by atoms with van der Waals surface area (Å²) < 4.78 is 0. The van der Waals surface area contributed by atoms with Gasteiger partial charge in [0.15, 0.2) is 0 Å². The van der Waals surface area contributed by atoms with Gasteiger partial charge in [0.1, 0.15) is 0 Å². The minimum atomic E-state index is -0.569.